The molecule has 0 saturated heterocycles. The van der Waals surface area contributed by atoms with Crippen LogP contribution in [0.15, 0.2) is 243 Å². The highest BCUT2D eigenvalue weighted by Crippen LogP contribution is 2.44. The molecule has 0 saturated carbocycles. The lowest BCUT2D eigenvalue weighted by molar-refractivity contribution is 1.17. The Morgan fingerprint density at radius 1 is 0.274 bits per heavy atom. The van der Waals surface area contributed by atoms with E-state index in [1.54, 1.807) is 0 Å². The van der Waals surface area contributed by atoms with Crippen molar-refractivity contribution in [1.82, 2.24) is 4.57 Å². The Morgan fingerprint density at radius 3 is 1.55 bits per heavy atom. The highest BCUT2D eigenvalue weighted by atomic mass is 15.1. The molecule has 0 amide bonds. The lowest BCUT2D eigenvalue weighted by Gasteiger charge is -2.28. The van der Waals surface area contributed by atoms with E-state index in [9.17, 15) is 0 Å². The second-order valence-corrected chi connectivity index (χ2v) is 16.1. The Kier molecular flexibility index (Phi) is 8.53. The standard InChI is InChI=1S/C60H40N2/c1-2-15-41(16-3-1)47-38-50(40-51(39-47)62-58-30-11-10-27-57(58)60-56-26-9-6-19-44(56)33-36-59(60)62)61(48-34-31-45(32-35-48)54-28-13-20-42-17-4-7-24-52(42)54)49-23-12-22-46(37-49)55-29-14-21-43-18-5-8-25-53(43)55/h1-40H. The molecule has 0 aliphatic heterocycles. The van der Waals surface area contributed by atoms with Crippen molar-refractivity contribution >= 4 is 71.2 Å². The number of nitrogens with zero attached hydrogens (tertiary/aromatic N) is 2. The van der Waals surface area contributed by atoms with Gasteiger partial charge >= 0.3 is 0 Å². The second kappa shape index (κ2) is 14.8. The van der Waals surface area contributed by atoms with Crippen LogP contribution in [-0.4, -0.2) is 4.57 Å². The Labute approximate surface area is 360 Å². The monoisotopic (exact) mass is 788 g/mol. The summed E-state index contributed by atoms with van der Waals surface area (Å²) in [6, 6.07) is 88.7. The smallest absolute Gasteiger partial charge is 0.0547 e. The van der Waals surface area contributed by atoms with Crippen molar-refractivity contribution in [3.63, 3.8) is 0 Å². The lowest BCUT2D eigenvalue weighted by Crippen LogP contribution is -2.11. The molecule has 1 aromatic heterocycles. The summed E-state index contributed by atoms with van der Waals surface area (Å²) in [5.74, 6) is 0. The van der Waals surface area contributed by atoms with Gasteiger partial charge in [-0.05, 0) is 120 Å². The molecule has 1 heterocycles. The van der Waals surface area contributed by atoms with Crippen molar-refractivity contribution in [2.24, 2.45) is 0 Å². The molecule has 0 aliphatic rings. The zero-order valence-electron chi connectivity index (χ0n) is 34.0. The second-order valence-electron chi connectivity index (χ2n) is 16.1. The van der Waals surface area contributed by atoms with Crippen LogP contribution in [0.5, 0.6) is 0 Å². The van der Waals surface area contributed by atoms with E-state index in [1.807, 2.05) is 0 Å². The maximum Gasteiger partial charge on any atom is 0.0547 e. The molecule has 11 aromatic carbocycles. The Morgan fingerprint density at radius 2 is 0.823 bits per heavy atom. The number of para-hydroxylation sites is 1. The minimum absolute atomic E-state index is 1.07. The third-order valence-corrected chi connectivity index (χ3v) is 12.5. The minimum atomic E-state index is 1.07. The van der Waals surface area contributed by atoms with E-state index < -0.39 is 0 Å². The molecule has 2 nitrogen and oxygen atoms in total. The third kappa shape index (κ3) is 6.04. The van der Waals surface area contributed by atoms with Gasteiger partial charge in [-0.25, -0.2) is 0 Å². The number of benzene rings is 11. The van der Waals surface area contributed by atoms with E-state index in [0.29, 0.717) is 0 Å². The van der Waals surface area contributed by atoms with Crippen molar-refractivity contribution in [3.05, 3.63) is 243 Å². The van der Waals surface area contributed by atoms with Crippen molar-refractivity contribution in [3.8, 4) is 39.1 Å². The molecule has 62 heavy (non-hydrogen) atoms. The van der Waals surface area contributed by atoms with Gasteiger partial charge in [0, 0.05) is 33.5 Å². The van der Waals surface area contributed by atoms with E-state index in [1.165, 1.54) is 76.4 Å². The van der Waals surface area contributed by atoms with Gasteiger partial charge in [-0.2, -0.15) is 0 Å². The van der Waals surface area contributed by atoms with E-state index in [0.717, 1.165) is 33.9 Å². The summed E-state index contributed by atoms with van der Waals surface area (Å²) in [7, 11) is 0. The fourth-order valence-electron chi connectivity index (χ4n) is 9.67. The third-order valence-electron chi connectivity index (χ3n) is 12.5. The van der Waals surface area contributed by atoms with Gasteiger partial charge < -0.3 is 9.47 Å². The largest absolute Gasteiger partial charge is 0.310 e. The molecule has 2 heteroatoms. The summed E-state index contributed by atoms with van der Waals surface area (Å²) in [5, 5.41) is 9.98. The fourth-order valence-corrected chi connectivity index (χ4v) is 9.67. The fraction of sp³-hybridized carbons (Fsp3) is 0. The summed E-state index contributed by atoms with van der Waals surface area (Å²) in [6.45, 7) is 0. The first kappa shape index (κ1) is 35.7. The van der Waals surface area contributed by atoms with Crippen LogP contribution in [0.2, 0.25) is 0 Å². The SMILES string of the molecule is c1ccc(-c2cc(N(c3ccc(-c4cccc5ccccc45)cc3)c3cccc(-c4cccc5ccccc45)c3)cc(-n3c4ccccc4c4c5ccccc5ccc43)c2)cc1. The van der Waals surface area contributed by atoms with Crippen LogP contribution < -0.4 is 4.90 Å². The molecule has 12 rings (SSSR count). The summed E-state index contributed by atoms with van der Waals surface area (Å²) >= 11 is 0. The van der Waals surface area contributed by atoms with Gasteiger partial charge in [0.1, 0.15) is 0 Å². The van der Waals surface area contributed by atoms with Crippen molar-refractivity contribution in [1.29, 1.82) is 0 Å². The number of anilines is 3. The van der Waals surface area contributed by atoms with Crippen LogP contribution in [0.1, 0.15) is 0 Å². The minimum Gasteiger partial charge on any atom is -0.310 e. The van der Waals surface area contributed by atoms with Gasteiger partial charge in [0.2, 0.25) is 0 Å². The molecule has 0 aliphatic carbocycles. The van der Waals surface area contributed by atoms with E-state index in [4.69, 9.17) is 0 Å². The van der Waals surface area contributed by atoms with E-state index >= 15 is 0 Å². The first-order valence-electron chi connectivity index (χ1n) is 21.3. The van der Waals surface area contributed by atoms with Gasteiger partial charge in [0.25, 0.3) is 0 Å². The molecule has 12 aromatic rings. The lowest BCUT2D eigenvalue weighted by atomic mass is 9.97. The average molecular weight is 789 g/mol. The van der Waals surface area contributed by atoms with Gasteiger partial charge in [0.05, 0.1) is 11.0 Å². The van der Waals surface area contributed by atoms with Gasteiger partial charge in [-0.1, -0.05) is 188 Å². The van der Waals surface area contributed by atoms with Gasteiger partial charge in [-0.15, -0.1) is 0 Å². The Balaban J connectivity index is 1.11. The highest BCUT2D eigenvalue weighted by molar-refractivity contribution is 6.21. The Hall–Kier alpha value is -8.20. The molecule has 0 spiro atoms. The van der Waals surface area contributed by atoms with Gasteiger partial charge in [0.15, 0.2) is 0 Å². The van der Waals surface area contributed by atoms with E-state index in [-0.39, 0.29) is 0 Å². The molecule has 0 bridgehead atoms. The van der Waals surface area contributed by atoms with Crippen molar-refractivity contribution < 1.29 is 0 Å². The van der Waals surface area contributed by atoms with Crippen LogP contribution in [0.25, 0.3) is 93.2 Å². The molecule has 0 unspecified atom stereocenters. The number of fused-ring (bicyclic) bond motifs is 7. The summed E-state index contributed by atoms with van der Waals surface area (Å²) in [5.41, 5.74) is 13.8. The molecular weight excluding hydrogens is 749 g/mol. The van der Waals surface area contributed by atoms with Crippen LogP contribution in [0.3, 0.4) is 0 Å². The predicted octanol–water partition coefficient (Wildman–Crippen LogP) is 16.7. The molecule has 0 fully saturated rings. The maximum absolute atomic E-state index is 2.46. The zero-order chi connectivity index (χ0) is 41.0. The molecule has 290 valence electrons. The maximum atomic E-state index is 2.46. The van der Waals surface area contributed by atoms with Crippen LogP contribution in [-0.2, 0) is 0 Å². The van der Waals surface area contributed by atoms with Crippen LogP contribution >= 0.6 is 0 Å². The van der Waals surface area contributed by atoms with Crippen LogP contribution in [0, 0.1) is 0 Å². The first-order valence-corrected chi connectivity index (χ1v) is 21.3. The topological polar surface area (TPSA) is 8.17 Å². The summed E-state index contributed by atoms with van der Waals surface area (Å²) in [6.07, 6.45) is 0. The normalized spacial score (nSPS) is 11.5. The number of hydrogen-bond donors (Lipinski definition) is 0. The highest BCUT2D eigenvalue weighted by Gasteiger charge is 2.20. The molecule has 0 radical (unpaired) electrons. The van der Waals surface area contributed by atoms with Gasteiger partial charge in [-0.3, -0.25) is 0 Å². The molecule has 0 N–H and O–H groups in total. The summed E-state index contributed by atoms with van der Waals surface area (Å²) < 4.78 is 2.46. The first-order chi connectivity index (χ1) is 30.7. The van der Waals surface area contributed by atoms with Crippen LogP contribution in [0.4, 0.5) is 17.1 Å². The Bertz CT molecular complexity index is 3620. The van der Waals surface area contributed by atoms with E-state index in [2.05, 4.69) is 252 Å². The number of rotatable bonds is 7. The summed E-state index contributed by atoms with van der Waals surface area (Å²) in [4.78, 5) is 2.43. The number of hydrogen-bond acceptors (Lipinski definition) is 1. The predicted molar refractivity (Wildman–Crippen MR) is 264 cm³/mol. The van der Waals surface area contributed by atoms with Crippen molar-refractivity contribution in [2.75, 3.05) is 4.90 Å². The average Bonchev–Trinajstić information content (AvgIpc) is 3.69. The number of aromatic nitrogens is 1. The molecule has 0 atom stereocenters. The molecular formula is C60H40N2. The zero-order valence-corrected chi connectivity index (χ0v) is 34.0. The quantitative estimate of drug-likeness (QED) is 0.156. The van der Waals surface area contributed by atoms with Crippen molar-refractivity contribution in [2.45, 2.75) is 0 Å².